The highest BCUT2D eigenvalue weighted by Gasteiger charge is 1.84. The number of hydrogen-bond donors (Lipinski definition) is 1. The van der Waals surface area contributed by atoms with Crippen molar-refractivity contribution in [2.45, 2.75) is 34.1 Å². The van der Waals surface area contributed by atoms with E-state index in [1.165, 1.54) is 5.57 Å². The summed E-state index contributed by atoms with van der Waals surface area (Å²) in [7, 11) is 0. The van der Waals surface area contributed by atoms with Gasteiger partial charge in [-0.2, -0.15) is 0 Å². The zero-order chi connectivity index (χ0) is 11.0. The SMILES string of the molecule is C/C=C\C(C)=C/C/C=C\C(C)=C(/C)N. The van der Waals surface area contributed by atoms with Crippen molar-refractivity contribution in [1.82, 2.24) is 0 Å². The summed E-state index contributed by atoms with van der Waals surface area (Å²) in [4.78, 5) is 0. The highest BCUT2D eigenvalue weighted by molar-refractivity contribution is 5.22. The van der Waals surface area contributed by atoms with E-state index in [-0.39, 0.29) is 0 Å². The van der Waals surface area contributed by atoms with Crippen LogP contribution in [0.2, 0.25) is 0 Å². The van der Waals surface area contributed by atoms with Gasteiger partial charge in [0.1, 0.15) is 0 Å². The van der Waals surface area contributed by atoms with Gasteiger partial charge < -0.3 is 5.73 Å². The lowest BCUT2D eigenvalue weighted by molar-refractivity contribution is 1.23. The van der Waals surface area contributed by atoms with Gasteiger partial charge in [0, 0.05) is 5.70 Å². The van der Waals surface area contributed by atoms with E-state index in [2.05, 4.69) is 31.2 Å². The number of allylic oxidation sites excluding steroid dienone is 8. The van der Waals surface area contributed by atoms with Crippen molar-refractivity contribution in [3.05, 3.63) is 47.2 Å². The highest BCUT2D eigenvalue weighted by Crippen LogP contribution is 2.02. The Morgan fingerprint density at radius 3 is 2.29 bits per heavy atom. The molecular weight excluding hydrogens is 170 g/mol. The van der Waals surface area contributed by atoms with Crippen LogP contribution < -0.4 is 5.73 Å². The summed E-state index contributed by atoms with van der Waals surface area (Å²) in [5, 5.41) is 0. The average molecular weight is 191 g/mol. The first-order valence-electron chi connectivity index (χ1n) is 4.97. The predicted octanol–water partition coefficient (Wildman–Crippen LogP) is 3.71. The number of hydrogen-bond acceptors (Lipinski definition) is 1. The Morgan fingerprint density at radius 2 is 1.79 bits per heavy atom. The molecule has 14 heavy (non-hydrogen) atoms. The smallest absolute Gasteiger partial charge is 0.00784 e. The summed E-state index contributed by atoms with van der Waals surface area (Å²) in [6.45, 7) is 8.07. The van der Waals surface area contributed by atoms with Gasteiger partial charge in [-0.3, -0.25) is 0 Å². The van der Waals surface area contributed by atoms with Gasteiger partial charge in [0.25, 0.3) is 0 Å². The molecule has 0 fully saturated rings. The van der Waals surface area contributed by atoms with Crippen molar-refractivity contribution in [3.63, 3.8) is 0 Å². The average Bonchev–Trinajstić information content (AvgIpc) is 2.12. The fourth-order valence-corrected chi connectivity index (χ4v) is 0.961. The van der Waals surface area contributed by atoms with Gasteiger partial charge in [-0.1, -0.05) is 36.0 Å². The zero-order valence-electron chi connectivity index (χ0n) is 9.67. The van der Waals surface area contributed by atoms with Gasteiger partial charge in [-0.15, -0.1) is 0 Å². The lowest BCUT2D eigenvalue weighted by Crippen LogP contribution is -1.92. The maximum atomic E-state index is 5.63. The minimum absolute atomic E-state index is 0.885. The molecule has 0 unspecified atom stereocenters. The largest absolute Gasteiger partial charge is 0.402 e. The summed E-state index contributed by atoms with van der Waals surface area (Å²) in [6.07, 6.45) is 11.5. The Labute approximate surface area is 87.7 Å². The first-order chi connectivity index (χ1) is 6.57. The predicted molar refractivity (Wildman–Crippen MR) is 64.9 cm³/mol. The van der Waals surface area contributed by atoms with Crippen LogP contribution in [-0.2, 0) is 0 Å². The Hall–Kier alpha value is -1.24. The third-order valence-corrected chi connectivity index (χ3v) is 2.00. The van der Waals surface area contributed by atoms with Gasteiger partial charge in [0.2, 0.25) is 0 Å². The molecule has 0 aromatic rings. The molecular formula is C13H21N. The Balaban J connectivity index is 4.08. The van der Waals surface area contributed by atoms with Gasteiger partial charge in [-0.05, 0) is 39.7 Å². The fraction of sp³-hybridized carbons (Fsp3) is 0.385. The van der Waals surface area contributed by atoms with Crippen LogP contribution in [0, 0.1) is 0 Å². The van der Waals surface area contributed by atoms with Crippen molar-refractivity contribution in [2.24, 2.45) is 5.73 Å². The molecule has 0 radical (unpaired) electrons. The molecule has 0 aliphatic rings. The molecule has 0 bridgehead atoms. The van der Waals surface area contributed by atoms with Crippen LogP contribution in [0.3, 0.4) is 0 Å². The quantitative estimate of drug-likeness (QED) is 0.673. The maximum absolute atomic E-state index is 5.63. The molecule has 0 aromatic carbocycles. The highest BCUT2D eigenvalue weighted by atomic mass is 14.5. The monoisotopic (exact) mass is 191 g/mol. The normalized spacial score (nSPS) is 15.3. The van der Waals surface area contributed by atoms with Crippen LogP contribution in [0.5, 0.6) is 0 Å². The van der Waals surface area contributed by atoms with E-state index in [4.69, 9.17) is 5.73 Å². The second kappa shape index (κ2) is 7.19. The van der Waals surface area contributed by atoms with Crippen molar-refractivity contribution in [2.75, 3.05) is 0 Å². The van der Waals surface area contributed by atoms with E-state index < -0.39 is 0 Å². The first-order valence-corrected chi connectivity index (χ1v) is 4.97. The van der Waals surface area contributed by atoms with Crippen molar-refractivity contribution < 1.29 is 0 Å². The van der Waals surface area contributed by atoms with Crippen LogP contribution in [-0.4, -0.2) is 0 Å². The van der Waals surface area contributed by atoms with Crippen LogP contribution in [0.4, 0.5) is 0 Å². The molecule has 0 spiro atoms. The molecule has 1 heteroatoms. The lowest BCUT2D eigenvalue weighted by Gasteiger charge is -1.94. The first kappa shape index (κ1) is 12.8. The summed E-state index contributed by atoms with van der Waals surface area (Å²) in [5.74, 6) is 0. The van der Waals surface area contributed by atoms with E-state index in [1.54, 1.807) is 0 Å². The van der Waals surface area contributed by atoms with Gasteiger partial charge in [0.05, 0.1) is 0 Å². The summed E-state index contributed by atoms with van der Waals surface area (Å²) >= 11 is 0. The van der Waals surface area contributed by atoms with Gasteiger partial charge in [0.15, 0.2) is 0 Å². The van der Waals surface area contributed by atoms with Crippen molar-refractivity contribution in [1.29, 1.82) is 0 Å². The van der Waals surface area contributed by atoms with Crippen LogP contribution >= 0.6 is 0 Å². The molecule has 0 saturated heterocycles. The molecule has 78 valence electrons. The van der Waals surface area contributed by atoms with E-state index in [1.807, 2.05) is 26.8 Å². The Morgan fingerprint density at radius 1 is 1.14 bits per heavy atom. The second-order valence-corrected chi connectivity index (χ2v) is 3.45. The van der Waals surface area contributed by atoms with Crippen molar-refractivity contribution >= 4 is 0 Å². The summed E-state index contributed by atoms with van der Waals surface area (Å²) in [5.41, 5.74) is 8.95. The van der Waals surface area contributed by atoms with E-state index in [9.17, 15) is 0 Å². The Bertz CT molecular complexity index is 274. The van der Waals surface area contributed by atoms with E-state index in [0.29, 0.717) is 0 Å². The number of nitrogens with two attached hydrogens (primary N) is 1. The molecule has 0 aromatic heterocycles. The summed E-state index contributed by atoms with van der Waals surface area (Å²) < 4.78 is 0. The topological polar surface area (TPSA) is 26.0 Å². The van der Waals surface area contributed by atoms with Crippen LogP contribution in [0.1, 0.15) is 34.1 Å². The minimum Gasteiger partial charge on any atom is -0.402 e. The molecule has 0 saturated carbocycles. The van der Waals surface area contributed by atoms with Gasteiger partial charge >= 0.3 is 0 Å². The van der Waals surface area contributed by atoms with Gasteiger partial charge in [-0.25, -0.2) is 0 Å². The lowest BCUT2D eigenvalue weighted by atomic mass is 10.2. The van der Waals surface area contributed by atoms with E-state index in [0.717, 1.165) is 17.7 Å². The molecule has 1 nitrogen and oxygen atoms in total. The van der Waals surface area contributed by atoms with Crippen molar-refractivity contribution in [3.8, 4) is 0 Å². The van der Waals surface area contributed by atoms with E-state index >= 15 is 0 Å². The zero-order valence-corrected chi connectivity index (χ0v) is 9.67. The fourth-order valence-electron chi connectivity index (χ4n) is 0.961. The second-order valence-electron chi connectivity index (χ2n) is 3.45. The third-order valence-electron chi connectivity index (χ3n) is 2.00. The minimum atomic E-state index is 0.885. The van der Waals surface area contributed by atoms with Crippen LogP contribution in [0.25, 0.3) is 0 Å². The molecule has 0 rings (SSSR count). The molecule has 0 amide bonds. The molecule has 2 N–H and O–H groups in total. The maximum Gasteiger partial charge on any atom is 0.00784 e. The van der Waals surface area contributed by atoms with Crippen LogP contribution in [0.15, 0.2) is 47.2 Å². The third kappa shape index (κ3) is 6.30. The summed E-state index contributed by atoms with van der Waals surface area (Å²) in [6, 6.07) is 0. The molecule has 0 aliphatic carbocycles. The standard InChI is InChI=1S/C13H21N/c1-5-8-11(2)9-6-7-10-12(3)13(4)14/h5,7-10H,6,14H2,1-4H3/b8-5-,10-7-,11-9-,13-12+. The molecule has 0 aliphatic heterocycles. The molecule has 0 atom stereocenters. The Kier molecular flexibility index (Phi) is 6.55. The molecule has 0 heterocycles. The number of rotatable bonds is 4.